The van der Waals surface area contributed by atoms with Crippen molar-refractivity contribution >= 4 is 39.5 Å². The molecule has 0 aromatic carbocycles. The molecule has 0 rings (SSSR count). The number of carbonyl (C=O) groups is 4. The molecule has 0 bridgehead atoms. The van der Waals surface area contributed by atoms with Gasteiger partial charge >= 0.3 is 39.5 Å². The average molecular weight is 1400 g/mol. The molecule has 19 heteroatoms. The Morgan fingerprint density at radius 3 is 0.716 bits per heavy atom. The Bertz CT molecular complexity index is 1840. The van der Waals surface area contributed by atoms with E-state index in [-0.39, 0.29) is 25.7 Å². The zero-order valence-corrected chi connectivity index (χ0v) is 63.8. The topological polar surface area (TPSA) is 237 Å². The maximum atomic E-state index is 13.1. The number of phosphoric acid groups is 2. The van der Waals surface area contributed by atoms with Crippen molar-refractivity contribution in [2.45, 2.75) is 413 Å². The van der Waals surface area contributed by atoms with E-state index in [1.807, 2.05) is 0 Å². The van der Waals surface area contributed by atoms with E-state index in [0.717, 1.165) is 102 Å². The lowest BCUT2D eigenvalue weighted by Gasteiger charge is -2.21. The van der Waals surface area contributed by atoms with Crippen molar-refractivity contribution in [1.29, 1.82) is 0 Å². The molecule has 0 aromatic heterocycles. The van der Waals surface area contributed by atoms with E-state index in [4.69, 9.17) is 37.0 Å². The molecule has 0 aliphatic rings. The largest absolute Gasteiger partial charge is 0.472 e. The van der Waals surface area contributed by atoms with Gasteiger partial charge in [0.2, 0.25) is 0 Å². The molecule has 0 aliphatic heterocycles. The Morgan fingerprint density at radius 2 is 0.484 bits per heavy atom. The minimum Gasteiger partial charge on any atom is -0.462 e. The number of unbranched alkanes of at least 4 members (excludes halogenated alkanes) is 45. The van der Waals surface area contributed by atoms with E-state index in [2.05, 4.69) is 41.5 Å². The zero-order chi connectivity index (χ0) is 70.0. The summed E-state index contributed by atoms with van der Waals surface area (Å²) in [6.45, 7) is 9.55. The van der Waals surface area contributed by atoms with E-state index >= 15 is 0 Å². The Morgan fingerprint density at radius 1 is 0.284 bits per heavy atom. The van der Waals surface area contributed by atoms with Gasteiger partial charge in [-0.05, 0) is 37.5 Å². The molecule has 0 aromatic rings. The average Bonchev–Trinajstić information content (AvgIpc) is 1.36. The van der Waals surface area contributed by atoms with Crippen LogP contribution in [0.2, 0.25) is 0 Å². The van der Waals surface area contributed by atoms with Gasteiger partial charge in [-0.3, -0.25) is 37.3 Å². The second-order valence-corrected chi connectivity index (χ2v) is 31.3. The first-order valence-electron chi connectivity index (χ1n) is 39.5. The number of carbonyl (C=O) groups excluding carboxylic acids is 4. The molecule has 0 saturated heterocycles. The third-order valence-electron chi connectivity index (χ3n) is 17.7. The quantitative estimate of drug-likeness (QED) is 0.0222. The SMILES string of the molecule is CCCCCCCCCCCCCCCCCCCCC(=O)O[C@H](COC(=O)CCCCCCCCCCCCCC(C)C)COP(=O)(O)OC[C@@H](O)COP(=O)(O)OC[C@@H](COC(=O)CCCCCCCCCC(C)C)OC(=O)CCCCCCCCCCCCCCC. The van der Waals surface area contributed by atoms with Crippen LogP contribution in [0.3, 0.4) is 0 Å². The Hall–Kier alpha value is -1.94. The van der Waals surface area contributed by atoms with Gasteiger partial charge in [-0.1, -0.05) is 343 Å². The predicted molar refractivity (Wildman–Crippen MR) is 386 cm³/mol. The number of hydrogen-bond acceptors (Lipinski definition) is 15. The number of phosphoric ester groups is 2. The maximum absolute atomic E-state index is 13.1. The van der Waals surface area contributed by atoms with E-state index in [9.17, 15) is 43.2 Å². The molecule has 0 spiro atoms. The monoisotopic (exact) mass is 1400 g/mol. The Balaban J connectivity index is 5.24. The van der Waals surface area contributed by atoms with E-state index < -0.39 is 97.5 Å². The van der Waals surface area contributed by atoms with Crippen LogP contribution >= 0.6 is 15.6 Å². The van der Waals surface area contributed by atoms with Gasteiger partial charge in [-0.15, -0.1) is 0 Å². The molecule has 3 N–H and O–H groups in total. The van der Waals surface area contributed by atoms with Crippen LogP contribution in [0, 0.1) is 11.8 Å². The van der Waals surface area contributed by atoms with Crippen LogP contribution < -0.4 is 0 Å². The third-order valence-corrected chi connectivity index (χ3v) is 19.6. The summed E-state index contributed by atoms with van der Waals surface area (Å²) in [6.07, 6.45) is 55.5. The molecule has 0 aliphatic carbocycles. The molecular formula is C76H148O17P2. The highest BCUT2D eigenvalue weighted by atomic mass is 31.2. The summed E-state index contributed by atoms with van der Waals surface area (Å²) in [5.41, 5.74) is 0. The second kappa shape index (κ2) is 67.9. The number of esters is 4. The van der Waals surface area contributed by atoms with Gasteiger partial charge in [0.1, 0.15) is 19.3 Å². The van der Waals surface area contributed by atoms with Gasteiger partial charge in [0, 0.05) is 25.7 Å². The number of hydrogen-bond donors (Lipinski definition) is 3. The first kappa shape index (κ1) is 93.1. The Kier molecular flexibility index (Phi) is 66.5. The number of aliphatic hydroxyl groups excluding tert-OH is 1. The molecule has 2 unspecified atom stereocenters. The lowest BCUT2D eigenvalue weighted by atomic mass is 10.0. The highest BCUT2D eigenvalue weighted by Crippen LogP contribution is 2.45. The first-order chi connectivity index (χ1) is 45.9. The van der Waals surface area contributed by atoms with E-state index in [1.165, 1.54) is 205 Å². The normalized spacial score (nSPS) is 14.0. The van der Waals surface area contributed by atoms with Crippen molar-refractivity contribution in [1.82, 2.24) is 0 Å². The Labute approximate surface area is 581 Å². The van der Waals surface area contributed by atoms with Gasteiger partial charge in [0.25, 0.3) is 0 Å². The minimum atomic E-state index is -4.96. The van der Waals surface area contributed by atoms with Crippen molar-refractivity contribution in [3.05, 3.63) is 0 Å². The summed E-state index contributed by atoms with van der Waals surface area (Å²) >= 11 is 0. The van der Waals surface area contributed by atoms with Crippen molar-refractivity contribution in [2.24, 2.45) is 11.8 Å². The molecule has 0 amide bonds. The van der Waals surface area contributed by atoms with Crippen molar-refractivity contribution in [3.63, 3.8) is 0 Å². The summed E-state index contributed by atoms with van der Waals surface area (Å²) in [4.78, 5) is 72.8. The van der Waals surface area contributed by atoms with Crippen LogP contribution in [0.25, 0.3) is 0 Å². The van der Waals surface area contributed by atoms with Crippen molar-refractivity contribution in [3.8, 4) is 0 Å². The summed E-state index contributed by atoms with van der Waals surface area (Å²) in [6, 6.07) is 0. The molecule has 95 heavy (non-hydrogen) atoms. The molecule has 564 valence electrons. The number of ether oxygens (including phenoxy) is 4. The third kappa shape index (κ3) is 70.3. The summed E-state index contributed by atoms with van der Waals surface area (Å²) in [7, 11) is -9.91. The van der Waals surface area contributed by atoms with Gasteiger partial charge < -0.3 is 33.8 Å². The molecule has 0 heterocycles. The lowest BCUT2D eigenvalue weighted by molar-refractivity contribution is -0.161. The molecule has 17 nitrogen and oxygen atoms in total. The summed E-state index contributed by atoms with van der Waals surface area (Å²) in [5.74, 6) is -0.639. The number of aliphatic hydroxyl groups is 1. The minimum absolute atomic E-state index is 0.107. The van der Waals surface area contributed by atoms with Crippen LogP contribution in [-0.4, -0.2) is 96.7 Å². The van der Waals surface area contributed by atoms with Gasteiger partial charge in [-0.25, -0.2) is 9.13 Å². The highest BCUT2D eigenvalue weighted by molar-refractivity contribution is 7.47. The van der Waals surface area contributed by atoms with Crippen LogP contribution in [0.5, 0.6) is 0 Å². The highest BCUT2D eigenvalue weighted by Gasteiger charge is 2.30. The van der Waals surface area contributed by atoms with Gasteiger partial charge in [0.15, 0.2) is 12.2 Å². The molecule has 0 radical (unpaired) electrons. The fourth-order valence-corrected chi connectivity index (χ4v) is 13.2. The van der Waals surface area contributed by atoms with Gasteiger partial charge in [-0.2, -0.15) is 0 Å². The van der Waals surface area contributed by atoms with Crippen molar-refractivity contribution < 1.29 is 80.2 Å². The molecule has 5 atom stereocenters. The standard InChI is InChI=1S/C76H148O17P2/c1-7-9-11-13-15-17-19-21-22-23-24-25-27-31-36-42-49-55-61-76(81)92-71(64-86-73(78)58-52-46-40-34-32-28-29-33-38-44-50-56-68(3)4)66-90-94(82,83)88-62-70(77)63-89-95(84,85)91-67-72(65-87-74(79)59-53-47-43-37-39-45-51-57-69(5)6)93-75(80)60-54-48-41-35-30-26-20-18-16-14-12-10-8-2/h68-72,77H,7-67H2,1-6H3,(H,82,83)(H,84,85)/t70-,71-,72-/m1/s1. The van der Waals surface area contributed by atoms with Crippen LogP contribution in [-0.2, 0) is 65.4 Å². The lowest BCUT2D eigenvalue weighted by Crippen LogP contribution is -2.30. The van der Waals surface area contributed by atoms with Gasteiger partial charge in [0.05, 0.1) is 26.4 Å². The maximum Gasteiger partial charge on any atom is 0.472 e. The molecule has 0 fully saturated rings. The van der Waals surface area contributed by atoms with E-state index in [0.29, 0.717) is 31.6 Å². The smallest absolute Gasteiger partial charge is 0.462 e. The predicted octanol–water partition coefficient (Wildman–Crippen LogP) is 22.3. The fraction of sp³-hybridized carbons (Fsp3) is 0.947. The van der Waals surface area contributed by atoms with Crippen LogP contribution in [0.15, 0.2) is 0 Å². The van der Waals surface area contributed by atoms with Crippen LogP contribution in [0.1, 0.15) is 395 Å². The fourth-order valence-electron chi connectivity index (χ4n) is 11.7. The zero-order valence-electron chi connectivity index (χ0n) is 62.0. The first-order valence-corrected chi connectivity index (χ1v) is 42.5. The number of rotatable bonds is 75. The summed E-state index contributed by atoms with van der Waals surface area (Å²) < 4.78 is 68.5. The van der Waals surface area contributed by atoms with E-state index in [1.54, 1.807) is 0 Å². The second-order valence-electron chi connectivity index (χ2n) is 28.3. The van der Waals surface area contributed by atoms with Crippen molar-refractivity contribution in [2.75, 3.05) is 39.6 Å². The molecule has 0 saturated carbocycles. The molecular weight excluding hydrogens is 1250 g/mol. The van der Waals surface area contributed by atoms with Crippen LogP contribution in [0.4, 0.5) is 0 Å². The summed E-state index contributed by atoms with van der Waals surface area (Å²) in [5, 5.41) is 10.6.